The van der Waals surface area contributed by atoms with Gasteiger partial charge >= 0.3 is 0 Å². The van der Waals surface area contributed by atoms with Crippen LogP contribution in [0.25, 0.3) is 0 Å². The third-order valence-corrected chi connectivity index (χ3v) is 3.09. The molecular formula is C11H12ClFO. The van der Waals surface area contributed by atoms with Crippen LogP contribution in [0.2, 0.25) is 5.02 Å². The lowest BCUT2D eigenvalue weighted by atomic mass is 9.76. The van der Waals surface area contributed by atoms with Crippen LogP contribution in [0.15, 0.2) is 18.2 Å². The molecule has 1 N–H and O–H groups in total. The van der Waals surface area contributed by atoms with Crippen molar-refractivity contribution in [2.24, 2.45) is 0 Å². The Kier molecular flexibility index (Phi) is 2.50. The summed E-state index contributed by atoms with van der Waals surface area (Å²) in [5.74, 6) is -0.406. The second-order valence-electron chi connectivity index (χ2n) is 4.00. The van der Waals surface area contributed by atoms with Gasteiger partial charge in [0, 0.05) is 6.42 Å². The van der Waals surface area contributed by atoms with Gasteiger partial charge in [0.15, 0.2) is 0 Å². The lowest BCUT2D eigenvalue weighted by Gasteiger charge is -2.36. The molecule has 0 radical (unpaired) electrons. The average Bonchev–Trinajstić information content (AvgIpc) is 2.09. The van der Waals surface area contributed by atoms with E-state index in [9.17, 15) is 9.50 Å². The van der Waals surface area contributed by atoms with Crippen molar-refractivity contribution in [2.75, 3.05) is 0 Å². The fraction of sp³-hybridized carbons (Fsp3) is 0.455. The standard InChI is InChI=1S/C11H12ClFO/c12-9-6-8(2-3-10(9)13)7-11(14)4-1-5-11/h2-3,6,14H,1,4-5,7H2. The quantitative estimate of drug-likeness (QED) is 0.803. The summed E-state index contributed by atoms with van der Waals surface area (Å²) < 4.78 is 12.8. The molecule has 0 spiro atoms. The summed E-state index contributed by atoms with van der Waals surface area (Å²) in [5, 5.41) is 10.0. The first-order valence-electron chi connectivity index (χ1n) is 4.75. The normalized spacial score (nSPS) is 19.1. The van der Waals surface area contributed by atoms with Crippen LogP contribution in [0.1, 0.15) is 24.8 Å². The molecule has 14 heavy (non-hydrogen) atoms. The maximum atomic E-state index is 12.8. The number of benzene rings is 1. The Hall–Kier alpha value is -0.600. The monoisotopic (exact) mass is 214 g/mol. The van der Waals surface area contributed by atoms with Gasteiger partial charge in [0.05, 0.1) is 10.6 Å². The molecule has 0 amide bonds. The molecule has 1 aliphatic carbocycles. The van der Waals surface area contributed by atoms with E-state index in [0.29, 0.717) is 6.42 Å². The molecule has 0 aromatic heterocycles. The predicted molar refractivity (Wildman–Crippen MR) is 53.9 cm³/mol. The first-order valence-corrected chi connectivity index (χ1v) is 5.13. The summed E-state index contributed by atoms with van der Waals surface area (Å²) >= 11 is 5.65. The smallest absolute Gasteiger partial charge is 0.141 e. The molecule has 1 aliphatic rings. The third kappa shape index (κ3) is 1.91. The SMILES string of the molecule is OC1(Cc2ccc(F)c(Cl)c2)CCC1. The van der Waals surface area contributed by atoms with Crippen LogP contribution in [-0.2, 0) is 6.42 Å². The molecule has 1 nitrogen and oxygen atoms in total. The van der Waals surface area contributed by atoms with Gasteiger partial charge in [0.25, 0.3) is 0 Å². The average molecular weight is 215 g/mol. The molecule has 0 atom stereocenters. The molecule has 0 bridgehead atoms. The Morgan fingerprint density at radius 2 is 2.14 bits per heavy atom. The fourth-order valence-corrected chi connectivity index (χ4v) is 1.99. The minimum Gasteiger partial charge on any atom is -0.390 e. The van der Waals surface area contributed by atoms with Gasteiger partial charge in [-0.15, -0.1) is 0 Å². The van der Waals surface area contributed by atoms with E-state index in [1.165, 1.54) is 6.07 Å². The number of hydrogen-bond acceptors (Lipinski definition) is 1. The molecule has 0 aliphatic heterocycles. The van der Waals surface area contributed by atoms with Gasteiger partial charge in [-0.3, -0.25) is 0 Å². The molecule has 0 saturated heterocycles. The van der Waals surface area contributed by atoms with E-state index in [1.807, 2.05) is 0 Å². The number of halogens is 2. The summed E-state index contributed by atoms with van der Waals surface area (Å²) in [6, 6.07) is 4.62. The summed E-state index contributed by atoms with van der Waals surface area (Å²) in [7, 11) is 0. The van der Waals surface area contributed by atoms with Crippen LogP contribution in [0.5, 0.6) is 0 Å². The molecule has 1 aromatic carbocycles. The lowest BCUT2D eigenvalue weighted by Crippen LogP contribution is -2.38. The Labute approximate surface area is 87.5 Å². The Bertz CT molecular complexity index is 347. The molecular weight excluding hydrogens is 203 g/mol. The summed E-state index contributed by atoms with van der Waals surface area (Å²) in [6.07, 6.45) is 3.32. The van der Waals surface area contributed by atoms with Gasteiger partial charge in [-0.2, -0.15) is 0 Å². The summed E-state index contributed by atoms with van der Waals surface area (Å²) in [5.41, 5.74) is 0.333. The van der Waals surface area contributed by atoms with Crippen LogP contribution in [0, 0.1) is 5.82 Å². The van der Waals surface area contributed by atoms with Crippen molar-refractivity contribution >= 4 is 11.6 Å². The fourth-order valence-electron chi connectivity index (χ4n) is 1.79. The van der Waals surface area contributed by atoms with E-state index >= 15 is 0 Å². The van der Waals surface area contributed by atoms with Crippen LogP contribution < -0.4 is 0 Å². The molecule has 0 heterocycles. The van der Waals surface area contributed by atoms with Crippen molar-refractivity contribution < 1.29 is 9.50 Å². The molecule has 2 rings (SSSR count). The van der Waals surface area contributed by atoms with Crippen LogP contribution >= 0.6 is 11.6 Å². The van der Waals surface area contributed by atoms with Crippen molar-refractivity contribution in [1.29, 1.82) is 0 Å². The molecule has 1 aromatic rings. The zero-order valence-corrected chi connectivity index (χ0v) is 8.52. The van der Waals surface area contributed by atoms with E-state index in [2.05, 4.69) is 0 Å². The van der Waals surface area contributed by atoms with Crippen molar-refractivity contribution in [3.05, 3.63) is 34.6 Å². The molecule has 1 fully saturated rings. The Morgan fingerprint density at radius 3 is 2.64 bits per heavy atom. The summed E-state index contributed by atoms with van der Waals surface area (Å²) in [6.45, 7) is 0. The van der Waals surface area contributed by atoms with E-state index in [4.69, 9.17) is 11.6 Å². The molecule has 1 saturated carbocycles. The maximum absolute atomic E-state index is 12.8. The highest BCUT2D eigenvalue weighted by Gasteiger charge is 2.34. The first kappa shape index (κ1) is 9.94. The first-order chi connectivity index (χ1) is 6.59. The second kappa shape index (κ2) is 3.52. The molecule has 76 valence electrons. The topological polar surface area (TPSA) is 20.2 Å². The largest absolute Gasteiger partial charge is 0.390 e. The zero-order valence-electron chi connectivity index (χ0n) is 7.76. The van der Waals surface area contributed by atoms with Gasteiger partial charge in [-0.05, 0) is 37.0 Å². The summed E-state index contributed by atoms with van der Waals surface area (Å²) in [4.78, 5) is 0. The van der Waals surface area contributed by atoms with Gasteiger partial charge in [0.2, 0.25) is 0 Å². The van der Waals surface area contributed by atoms with E-state index in [1.54, 1.807) is 12.1 Å². The molecule has 0 unspecified atom stereocenters. The highest BCUT2D eigenvalue weighted by Crippen LogP contribution is 2.35. The minimum atomic E-state index is -0.568. The zero-order chi connectivity index (χ0) is 10.2. The van der Waals surface area contributed by atoms with Gasteiger partial charge in [-0.25, -0.2) is 4.39 Å². The minimum absolute atomic E-state index is 0.130. The number of hydrogen-bond donors (Lipinski definition) is 1. The van der Waals surface area contributed by atoms with Crippen LogP contribution in [0.4, 0.5) is 4.39 Å². The van der Waals surface area contributed by atoms with E-state index in [-0.39, 0.29) is 5.02 Å². The highest BCUT2D eigenvalue weighted by molar-refractivity contribution is 6.30. The maximum Gasteiger partial charge on any atom is 0.141 e. The van der Waals surface area contributed by atoms with Gasteiger partial charge in [-0.1, -0.05) is 17.7 Å². The van der Waals surface area contributed by atoms with Crippen LogP contribution in [0.3, 0.4) is 0 Å². The van der Waals surface area contributed by atoms with E-state index < -0.39 is 11.4 Å². The van der Waals surface area contributed by atoms with Crippen molar-refractivity contribution in [2.45, 2.75) is 31.3 Å². The molecule has 3 heteroatoms. The number of aliphatic hydroxyl groups is 1. The van der Waals surface area contributed by atoms with Crippen molar-refractivity contribution in [3.8, 4) is 0 Å². The number of rotatable bonds is 2. The Balaban J connectivity index is 2.13. The second-order valence-corrected chi connectivity index (χ2v) is 4.41. The van der Waals surface area contributed by atoms with Crippen molar-refractivity contribution in [1.82, 2.24) is 0 Å². The Morgan fingerprint density at radius 1 is 1.43 bits per heavy atom. The van der Waals surface area contributed by atoms with E-state index in [0.717, 1.165) is 24.8 Å². The lowest BCUT2D eigenvalue weighted by molar-refractivity contribution is -0.0323. The van der Waals surface area contributed by atoms with Crippen LogP contribution in [-0.4, -0.2) is 10.7 Å². The highest BCUT2D eigenvalue weighted by atomic mass is 35.5. The predicted octanol–water partition coefficient (Wildman–Crippen LogP) is 2.94. The third-order valence-electron chi connectivity index (χ3n) is 2.80. The van der Waals surface area contributed by atoms with Gasteiger partial charge < -0.3 is 5.11 Å². The van der Waals surface area contributed by atoms with Crippen molar-refractivity contribution in [3.63, 3.8) is 0 Å². The van der Waals surface area contributed by atoms with Gasteiger partial charge in [0.1, 0.15) is 5.82 Å².